The highest BCUT2D eigenvalue weighted by Crippen LogP contribution is 2.31. The molecule has 0 radical (unpaired) electrons. The number of nitrogens with zero attached hydrogens (tertiary/aromatic N) is 2. The molecule has 1 atom stereocenters. The Labute approximate surface area is 103 Å². The van der Waals surface area contributed by atoms with Crippen LogP contribution in [0.2, 0.25) is 0 Å². The first-order valence-electron chi connectivity index (χ1n) is 6.10. The Morgan fingerprint density at radius 3 is 2.76 bits per heavy atom. The summed E-state index contributed by atoms with van der Waals surface area (Å²) >= 11 is 0. The predicted molar refractivity (Wildman–Crippen MR) is 67.2 cm³/mol. The Kier molecular flexibility index (Phi) is 4.96. The zero-order chi connectivity index (χ0) is 12.9. The van der Waals surface area contributed by atoms with E-state index in [0.717, 1.165) is 25.3 Å². The van der Waals surface area contributed by atoms with Crippen LogP contribution in [0.5, 0.6) is 5.75 Å². The summed E-state index contributed by atoms with van der Waals surface area (Å²) in [5, 5.41) is 18.0. The van der Waals surface area contributed by atoms with E-state index >= 15 is 0 Å². The van der Waals surface area contributed by atoms with Crippen LogP contribution in [-0.4, -0.2) is 35.1 Å². The smallest absolute Gasteiger partial charge is 0.162 e. The summed E-state index contributed by atoms with van der Waals surface area (Å²) in [6.07, 6.45) is 2.28. The molecule has 5 nitrogen and oxygen atoms in total. The van der Waals surface area contributed by atoms with Crippen molar-refractivity contribution in [3.8, 4) is 5.75 Å². The highest BCUT2D eigenvalue weighted by molar-refractivity contribution is 5.30. The highest BCUT2D eigenvalue weighted by Gasteiger charge is 2.30. The van der Waals surface area contributed by atoms with Crippen LogP contribution < -0.4 is 10.1 Å². The summed E-state index contributed by atoms with van der Waals surface area (Å²) in [5.41, 5.74) is -0.180. The molecule has 1 aromatic heterocycles. The van der Waals surface area contributed by atoms with Gasteiger partial charge in [0, 0.05) is 6.54 Å². The van der Waals surface area contributed by atoms with E-state index < -0.39 is 5.60 Å². The third-order valence-corrected chi connectivity index (χ3v) is 2.87. The average molecular weight is 241 g/mol. The number of nitrogens with one attached hydrogen (secondary N) is 1. The van der Waals surface area contributed by atoms with Crippen LogP contribution in [-0.2, 0) is 12.1 Å². The zero-order valence-corrected chi connectivity index (χ0v) is 11.2. The van der Waals surface area contributed by atoms with Gasteiger partial charge in [0.15, 0.2) is 5.75 Å². The maximum Gasteiger partial charge on any atom is 0.162 e. The third-order valence-electron chi connectivity index (χ3n) is 2.87. The molecule has 0 aliphatic heterocycles. The molecule has 98 valence electrons. The number of ether oxygens (including phenoxy) is 1. The van der Waals surface area contributed by atoms with Crippen LogP contribution in [0.4, 0.5) is 0 Å². The number of aromatic nitrogens is 2. The summed E-state index contributed by atoms with van der Waals surface area (Å²) in [4.78, 5) is 0. The summed E-state index contributed by atoms with van der Waals surface area (Å²) < 4.78 is 7.04. The number of hydrogen-bond donors (Lipinski definition) is 2. The molecule has 0 aliphatic rings. The molecule has 0 saturated heterocycles. The Morgan fingerprint density at radius 1 is 1.53 bits per heavy atom. The van der Waals surface area contributed by atoms with E-state index in [4.69, 9.17) is 4.74 Å². The first kappa shape index (κ1) is 14.0. The normalized spacial score (nSPS) is 14.6. The van der Waals surface area contributed by atoms with E-state index in [1.165, 1.54) is 0 Å². The molecule has 2 N–H and O–H groups in total. The lowest BCUT2D eigenvalue weighted by Crippen LogP contribution is -2.30. The van der Waals surface area contributed by atoms with Gasteiger partial charge in [-0.15, -0.1) is 0 Å². The van der Waals surface area contributed by atoms with Gasteiger partial charge in [0.05, 0.1) is 13.3 Å². The first-order valence-corrected chi connectivity index (χ1v) is 6.10. The Bertz CT molecular complexity index is 326. The number of hydrogen-bond acceptors (Lipinski definition) is 4. The van der Waals surface area contributed by atoms with Crippen molar-refractivity contribution in [1.29, 1.82) is 0 Å². The minimum atomic E-state index is -0.931. The van der Waals surface area contributed by atoms with Gasteiger partial charge < -0.3 is 15.2 Å². The van der Waals surface area contributed by atoms with Gasteiger partial charge in [-0.2, -0.15) is 5.10 Å². The fourth-order valence-electron chi connectivity index (χ4n) is 1.93. The fraction of sp³-hybridized carbons (Fsp3) is 0.750. The second-order valence-corrected chi connectivity index (χ2v) is 4.25. The second-order valence-electron chi connectivity index (χ2n) is 4.25. The predicted octanol–water partition coefficient (Wildman–Crippen LogP) is 1.12. The SMILES string of the molecule is CCNCCC(C)(O)c1c(OC)cnn1CC. The van der Waals surface area contributed by atoms with Crippen molar-refractivity contribution in [3.63, 3.8) is 0 Å². The topological polar surface area (TPSA) is 59.3 Å². The molecule has 17 heavy (non-hydrogen) atoms. The van der Waals surface area contributed by atoms with Crippen molar-refractivity contribution in [2.24, 2.45) is 0 Å². The van der Waals surface area contributed by atoms with Gasteiger partial charge in [-0.05, 0) is 33.4 Å². The molecule has 1 unspecified atom stereocenters. The van der Waals surface area contributed by atoms with Crippen LogP contribution in [0.15, 0.2) is 6.20 Å². The minimum absolute atomic E-state index is 0.628. The standard InChI is InChI=1S/C12H23N3O2/c1-5-13-8-7-12(3,16)11-10(17-4)9-14-15(11)6-2/h9,13,16H,5-8H2,1-4H3. The number of aliphatic hydroxyl groups is 1. The fourth-order valence-corrected chi connectivity index (χ4v) is 1.93. The minimum Gasteiger partial charge on any atom is -0.493 e. The lowest BCUT2D eigenvalue weighted by atomic mass is 9.97. The molecule has 1 heterocycles. The monoisotopic (exact) mass is 241 g/mol. The van der Waals surface area contributed by atoms with Crippen LogP contribution in [0.1, 0.15) is 32.9 Å². The summed E-state index contributed by atoms with van der Waals surface area (Å²) in [5.74, 6) is 0.647. The quantitative estimate of drug-likeness (QED) is 0.702. The summed E-state index contributed by atoms with van der Waals surface area (Å²) in [7, 11) is 1.60. The van der Waals surface area contributed by atoms with Gasteiger partial charge in [0.25, 0.3) is 0 Å². The van der Waals surface area contributed by atoms with Crippen molar-refractivity contribution in [2.45, 2.75) is 39.3 Å². The molecule has 0 saturated carbocycles. The van der Waals surface area contributed by atoms with Gasteiger partial charge in [-0.3, -0.25) is 4.68 Å². The van der Waals surface area contributed by atoms with Crippen molar-refractivity contribution >= 4 is 0 Å². The molecule has 5 heteroatoms. The summed E-state index contributed by atoms with van der Waals surface area (Å²) in [6.45, 7) is 8.23. The van der Waals surface area contributed by atoms with Crippen molar-refractivity contribution in [2.75, 3.05) is 20.2 Å². The zero-order valence-electron chi connectivity index (χ0n) is 11.2. The number of rotatable bonds is 7. The molecular formula is C12H23N3O2. The lowest BCUT2D eigenvalue weighted by Gasteiger charge is -2.25. The average Bonchev–Trinajstić information content (AvgIpc) is 2.72. The van der Waals surface area contributed by atoms with Gasteiger partial charge in [0.1, 0.15) is 11.3 Å². The molecule has 0 aliphatic carbocycles. The van der Waals surface area contributed by atoms with Crippen LogP contribution in [0.3, 0.4) is 0 Å². The van der Waals surface area contributed by atoms with E-state index in [9.17, 15) is 5.11 Å². The largest absolute Gasteiger partial charge is 0.493 e. The third kappa shape index (κ3) is 3.20. The Hall–Kier alpha value is -1.07. The van der Waals surface area contributed by atoms with E-state index in [1.807, 2.05) is 13.8 Å². The van der Waals surface area contributed by atoms with Crippen molar-refractivity contribution in [1.82, 2.24) is 15.1 Å². The van der Waals surface area contributed by atoms with Gasteiger partial charge in [-0.1, -0.05) is 6.92 Å². The highest BCUT2D eigenvalue weighted by atomic mass is 16.5. The first-order chi connectivity index (χ1) is 8.06. The number of aryl methyl sites for hydroxylation is 1. The Morgan fingerprint density at radius 2 is 2.24 bits per heavy atom. The molecule has 0 spiro atoms. The van der Waals surface area contributed by atoms with Crippen molar-refractivity contribution in [3.05, 3.63) is 11.9 Å². The molecular weight excluding hydrogens is 218 g/mol. The second kappa shape index (κ2) is 6.02. The van der Waals surface area contributed by atoms with E-state index in [1.54, 1.807) is 24.9 Å². The maximum absolute atomic E-state index is 10.5. The van der Waals surface area contributed by atoms with Crippen molar-refractivity contribution < 1.29 is 9.84 Å². The lowest BCUT2D eigenvalue weighted by molar-refractivity contribution is 0.0364. The molecule has 0 aromatic carbocycles. The molecule has 0 fully saturated rings. The van der Waals surface area contributed by atoms with Crippen LogP contribution in [0.25, 0.3) is 0 Å². The van der Waals surface area contributed by atoms with Gasteiger partial charge >= 0.3 is 0 Å². The van der Waals surface area contributed by atoms with E-state index in [2.05, 4.69) is 10.4 Å². The van der Waals surface area contributed by atoms with Crippen LogP contribution >= 0.6 is 0 Å². The van der Waals surface area contributed by atoms with Crippen LogP contribution in [0, 0.1) is 0 Å². The molecule has 0 amide bonds. The number of methoxy groups -OCH3 is 1. The van der Waals surface area contributed by atoms with E-state index in [-0.39, 0.29) is 0 Å². The van der Waals surface area contributed by atoms with E-state index in [0.29, 0.717) is 12.2 Å². The summed E-state index contributed by atoms with van der Waals surface area (Å²) in [6, 6.07) is 0. The molecule has 1 aromatic rings. The molecule has 1 rings (SSSR count). The van der Waals surface area contributed by atoms with Gasteiger partial charge in [-0.25, -0.2) is 0 Å². The van der Waals surface area contributed by atoms with Gasteiger partial charge in [0.2, 0.25) is 0 Å². The molecule has 0 bridgehead atoms. The Balaban J connectivity index is 2.90. The maximum atomic E-state index is 10.5.